The molecule has 2 aromatic carbocycles. The lowest BCUT2D eigenvalue weighted by Gasteiger charge is -2.20. The van der Waals surface area contributed by atoms with Gasteiger partial charge in [0.2, 0.25) is 10.0 Å². The molecule has 1 fully saturated rings. The van der Waals surface area contributed by atoms with E-state index < -0.39 is 27.6 Å². The van der Waals surface area contributed by atoms with Gasteiger partial charge in [-0.25, -0.2) is 17.9 Å². The number of carbonyl (C=O) groups excluding carboxylic acids is 2. The van der Waals surface area contributed by atoms with Crippen molar-refractivity contribution < 1.29 is 27.5 Å². The van der Waals surface area contributed by atoms with Crippen molar-refractivity contribution >= 4 is 33.4 Å². The Bertz CT molecular complexity index is 1100. The summed E-state index contributed by atoms with van der Waals surface area (Å²) in [7, 11) is -2.12. The van der Waals surface area contributed by atoms with Gasteiger partial charge in [0, 0.05) is 17.3 Å². The lowest BCUT2D eigenvalue weighted by molar-refractivity contribution is 0.0635. The fourth-order valence-corrected chi connectivity index (χ4v) is 4.08. The van der Waals surface area contributed by atoms with Gasteiger partial charge in [-0.1, -0.05) is 0 Å². The van der Waals surface area contributed by atoms with Gasteiger partial charge in [0.1, 0.15) is 11.4 Å². The van der Waals surface area contributed by atoms with E-state index in [2.05, 4.69) is 15.4 Å². The van der Waals surface area contributed by atoms with Crippen LogP contribution in [0.2, 0.25) is 0 Å². The van der Waals surface area contributed by atoms with Crippen LogP contribution in [0.1, 0.15) is 44.0 Å². The van der Waals surface area contributed by atoms with Crippen molar-refractivity contribution in [3.05, 3.63) is 48.0 Å². The summed E-state index contributed by atoms with van der Waals surface area (Å²) in [4.78, 5) is 24.8. The van der Waals surface area contributed by atoms with Crippen LogP contribution in [-0.4, -0.2) is 39.2 Å². The van der Waals surface area contributed by atoms with Crippen molar-refractivity contribution in [2.45, 2.75) is 50.2 Å². The first-order valence-corrected chi connectivity index (χ1v) is 11.6. The van der Waals surface area contributed by atoms with Crippen LogP contribution in [0.25, 0.3) is 0 Å². The Labute approximate surface area is 187 Å². The van der Waals surface area contributed by atoms with Gasteiger partial charge in [-0.15, -0.1) is 0 Å². The predicted molar refractivity (Wildman–Crippen MR) is 121 cm³/mol. The van der Waals surface area contributed by atoms with Crippen molar-refractivity contribution in [3.63, 3.8) is 0 Å². The number of rotatable bonds is 7. The average Bonchev–Trinajstić information content (AvgIpc) is 3.50. The van der Waals surface area contributed by atoms with Gasteiger partial charge in [-0.2, -0.15) is 0 Å². The third-order valence-electron chi connectivity index (χ3n) is 4.42. The number of nitrogens with one attached hydrogen (secondary N) is 3. The van der Waals surface area contributed by atoms with Crippen LogP contribution < -0.4 is 20.1 Å². The van der Waals surface area contributed by atoms with Gasteiger partial charge in [0.25, 0.3) is 5.91 Å². The second-order valence-corrected chi connectivity index (χ2v) is 10.1. The third-order valence-corrected chi connectivity index (χ3v) is 5.96. The van der Waals surface area contributed by atoms with Crippen LogP contribution >= 0.6 is 0 Å². The number of benzene rings is 2. The minimum Gasteiger partial charge on any atom is -0.495 e. The normalized spacial score (nSPS) is 13.9. The fourth-order valence-electron chi connectivity index (χ4n) is 2.77. The topological polar surface area (TPSA) is 123 Å². The highest BCUT2D eigenvalue weighted by molar-refractivity contribution is 7.89. The Morgan fingerprint density at radius 2 is 1.66 bits per heavy atom. The number of ether oxygens (including phenoxy) is 2. The number of anilines is 2. The molecule has 1 saturated carbocycles. The van der Waals surface area contributed by atoms with E-state index in [1.807, 2.05) is 0 Å². The molecule has 0 spiro atoms. The zero-order valence-electron chi connectivity index (χ0n) is 18.4. The molecular formula is C22H27N3O6S. The van der Waals surface area contributed by atoms with Gasteiger partial charge in [0.05, 0.1) is 17.7 Å². The van der Waals surface area contributed by atoms with E-state index in [1.54, 1.807) is 39.0 Å². The van der Waals surface area contributed by atoms with Crippen LogP contribution in [0, 0.1) is 0 Å². The molecule has 0 atom stereocenters. The summed E-state index contributed by atoms with van der Waals surface area (Å²) in [5, 5.41) is 5.33. The highest BCUT2D eigenvalue weighted by Gasteiger charge is 2.28. The summed E-state index contributed by atoms with van der Waals surface area (Å²) in [5.74, 6) is -0.0379. The molecular weight excluding hydrogens is 434 g/mol. The molecule has 0 radical (unpaired) electrons. The van der Waals surface area contributed by atoms with Crippen LogP contribution in [-0.2, 0) is 14.8 Å². The maximum Gasteiger partial charge on any atom is 0.412 e. The molecule has 32 heavy (non-hydrogen) atoms. The summed E-state index contributed by atoms with van der Waals surface area (Å²) in [6, 6.07) is 10.4. The highest BCUT2D eigenvalue weighted by Crippen LogP contribution is 2.29. The predicted octanol–water partition coefficient (Wildman–Crippen LogP) is 3.74. The smallest absolute Gasteiger partial charge is 0.412 e. The van der Waals surface area contributed by atoms with Crippen molar-refractivity contribution in [1.82, 2.24) is 4.72 Å². The molecule has 0 saturated heterocycles. The van der Waals surface area contributed by atoms with Gasteiger partial charge < -0.3 is 14.8 Å². The molecule has 2 amide bonds. The summed E-state index contributed by atoms with van der Waals surface area (Å²) >= 11 is 0. The lowest BCUT2D eigenvalue weighted by Crippen LogP contribution is -2.27. The SMILES string of the molecule is COc1ccc(NC(=O)c2ccc(S(=O)(=O)NC3CC3)cc2)cc1NC(=O)OC(C)(C)C. The number of sulfonamides is 1. The molecule has 0 aromatic heterocycles. The van der Waals surface area contributed by atoms with E-state index in [0.717, 1.165) is 12.8 Å². The van der Waals surface area contributed by atoms with Crippen LogP contribution in [0.15, 0.2) is 47.4 Å². The molecule has 0 bridgehead atoms. The van der Waals surface area contributed by atoms with Crippen LogP contribution in [0.5, 0.6) is 5.75 Å². The Hall–Kier alpha value is -3.11. The lowest BCUT2D eigenvalue weighted by atomic mass is 10.2. The van der Waals surface area contributed by atoms with Crippen molar-refractivity contribution in [2.24, 2.45) is 0 Å². The standard InChI is InChI=1S/C22H27N3O6S/c1-22(2,3)31-21(27)24-18-13-16(9-12-19(18)30-4)23-20(26)14-5-10-17(11-6-14)32(28,29)25-15-7-8-15/h5-6,9-13,15,25H,7-8H2,1-4H3,(H,23,26)(H,24,27). The number of carbonyl (C=O) groups is 2. The van der Waals surface area contributed by atoms with Gasteiger partial charge in [0.15, 0.2) is 0 Å². The largest absolute Gasteiger partial charge is 0.495 e. The maximum absolute atomic E-state index is 12.6. The molecule has 9 nitrogen and oxygen atoms in total. The minimum absolute atomic E-state index is 0.00142. The molecule has 3 N–H and O–H groups in total. The molecule has 10 heteroatoms. The molecule has 172 valence electrons. The van der Waals surface area contributed by atoms with Gasteiger partial charge in [-0.05, 0) is 76.1 Å². The number of hydrogen-bond donors (Lipinski definition) is 3. The zero-order chi connectivity index (χ0) is 23.5. The third kappa shape index (κ3) is 6.44. The van der Waals surface area contributed by atoms with E-state index >= 15 is 0 Å². The molecule has 0 aliphatic heterocycles. The van der Waals surface area contributed by atoms with Crippen molar-refractivity contribution in [1.29, 1.82) is 0 Å². The fraction of sp³-hybridized carbons (Fsp3) is 0.364. The Morgan fingerprint density at radius 3 is 2.22 bits per heavy atom. The molecule has 2 aromatic rings. The van der Waals surface area contributed by atoms with Crippen molar-refractivity contribution in [3.8, 4) is 5.75 Å². The first-order valence-electron chi connectivity index (χ1n) is 10.1. The number of methoxy groups -OCH3 is 1. The summed E-state index contributed by atoms with van der Waals surface area (Å²) in [6.07, 6.45) is 1.02. The van der Waals surface area contributed by atoms with E-state index in [0.29, 0.717) is 17.1 Å². The minimum atomic E-state index is -3.58. The molecule has 3 rings (SSSR count). The van der Waals surface area contributed by atoms with Crippen molar-refractivity contribution in [2.75, 3.05) is 17.7 Å². The van der Waals surface area contributed by atoms with Crippen LogP contribution in [0.4, 0.5) is 16.2 Å². The quantitative estimate of drug-likeness (QED) is 0.577. The second-order valence-electron chi connectivity index (χ2n) is 8.42. The molecule has 0 unspecified atom stereocenters. The summed E-state index contributed by atoms with van der Waals surface area (Å²) in [6.45, 7) is 5.25. The Morgan fingerprint density at radius 1 is 1.00 bits per heavy atom. The second kappa shape index (κ2) is 9.17. The van der Waals surface area contributed by atoms with E-state index in [1.165, 1.54) is 31.4 Å². The monoisotopic (exact) mass is 461 g/mol. The number of hydrogen-bond acceptors (Lipinski definition) is 6. The summed E-state index contributed by atoms with van der Waals surface area (Å²) < 4.78 is 37.6. The first-order chi connectivity index (χ1) is 15.0. The summed E-state index contributed by atoms with van der Waals surface area (Å²) in [5.41, 5.74) is 0.352. The van der Waals surface area contributed by atoms with E-state index in [4.69, 9.17) is 9.47 Å². The van der Waals surface area contributed by atoms with E-state index in [9.17, 15) is 18.0 Å². The number of amides is 2. The molecule has 0 heterocycles. The zero-order valence-corrected chi connectivity index (χ0v) is 19.2. The average molecular weight is 462 g/mol. The maximum atomic E-state index is 12.6. The Balaban J connectivity index is 1.71. The van der Waals surface area contributed by atoms with Crippen LogP contribution in [0.3, 0.4) is 0 Å². The highest BCUT2D eigenvalue weighted by atomic mass is 32.2. The first kappa shape index (κ1) is 23.6. The molecule has 1 aliphatic carbocycles. The van der Waals surface area contributed by atoms with Gasteiger partial charge >= 0.3 is 6.09 Å². The van der Waals surface area contributed by atoms with Gasteiger partial charge in [-0.3, -0.25) is 10.1 Å². The Kier molecular flexibility index (Phi) is 6.75. The molecule has 1 aliphatic rings. The van der Waals surface area contributed by atoms with E-state index in [-0.39, 0.29) is 16.5 Å².